The van der Waals surface area contributed by atoms with Crippen LogP contribution in [-0.4, -0.2) is 35.2 Å². The van der Waals surface area contributed by atoms with Crippen molar-refractivity contribution in [2.24, 2.45) is 5.92 Å². The first-order valence-corrected chi connectivity index (χ1v) is 8.26. The Kier molecular flexibility index (Phi) is 10.4. The van der Waals surface area contributed by atoms with Crippen molar-refractivity contribution in [1.29, 1.82) is 0 Å². The van der Waals surface area contributed by atoms with E-state index in [2.05, 4.69) is 19.2 Å². The molecule has 1 unspecified atom stereocenters. The molecule has 0 rings (SSSR count). The SMILES string of the molecule is CCC(O)C(=O)NCCSSCCC(C)C. The number of rotatable bonds is 9. The van der Waals surface area contributed by atoms with Crippen LogP contribution in [0.15, 0.2) is 0 Å². The van der Waals surface area contributed by atoms with Crippen LogP contribution in [-0.2, 0) is 4.79 Å². The van der Waals surface area contributed by atoms with E-state index in [1.54, 1.807) is 17.7 Å². The summed E-state index contributed by atoms with van der Waals surface area (Å²) in [6.45, 7) is 6.87. The van der Waals surface area contributed by atoms with Crippen molar-refractivity contribution in [3.8, 4) is 0 Å². The highest BCUT2D eigenvalue weighted by Gasteiger charge is 2.10. The summed E-state index contributed by atoms with van der Waals surface area (Å²) < 4.78 is 0. The van der Waals surface area contributed by atoms with Crippen LogP contribution in [0.1, 0.15) is 33.6 Å². The number of carbonyl (C=O) groups is 1. The molecule has 0 aromatic heterocycles. The molecule has 0 fully saturated rings. The van der Waals surface area contributed by atoms with Gasteiger partial charge in [0, 0.05) is 18.1 Å². The van der Waals surface area contributed by atoms with Gasteiger partial charge in [-0.05, 0) is 18.8 Å². The van der Waals surface area contributed by atoms with Crippen LogP contribution in [0.25, 0.3) is 0 Å². The van der Waals surface area contributed by atoms with Crippen molar-refractivity contribution in [1.82, 2.24) is 5.32 Å². The smallest absolute Gasteiger partial charge is 0.248 e. The topological polar surface area (TPSA) is 49.3 Å². The van der Waals surface area contributed by atoms with Gasteiger partial charge in [-0.25, -0.2) is 0 Å². The van der Waals surface area contributed by atoms with E-state index in [0.717, 1.165) is 17.4 Å². The number of nitrogens with one attached hydrogen (secondary N) is 1. The molecule has 2 N–H and O–H groups in total. The number of hydrogen-bond donors (Lipinski definition) is 2. The fraction of sp³-hybridized carbons (Fsp3) is 0.909. The highest BCUT2D eigenvalue weighted by atomic mass is 33.1. The predicted octanol–water partition coefficient (Wildman–Crippen LogP) is 2.30. The van der Waals surface area contributed by atoms with Gasteiger partial charge < -0.3 is 10.4 Å². The minimum atomic E-state index is -0.849. The van der Waals surface area contributed by atoms with Gasteiger partial charge >= 0.3 is 0 Å². The molecule has 3 nitrogen and oxygen atoms in total. The zero-order valence-corrected chi connectivity index (χ0v) is 12.0. The molecular weight excluding hydrogens is 242 g/mol. The summed E-state index contributed by atoms with van der Waals surface area (Å²) in [4.78, 5) is 11.2. The van der Waals surface area contributed by atoms with Crippen molar-refractivity contribution in [3.05, 3.63) is 0 Å². The quantitative estimate of drug-likeness (QED) is 0.496. The van der Waals surface area contributed by atoms with Crippen LogP contribution >= 0.6 is 21.6 Å². The third-order valence-electron chi connectivity index (χ3n) is 2.04. The Morgan fingerprint density at radius 1 is 1.31 bits per heavy atom. The first-order valence-electron chi connectivity index (χ1n) is 5.78. The van der Waals surface area contributed by atoms with Gasteiger partial charge in [-0.2, -0.15) is 0 Å². The van der Waals surface area contributed by atoms with E-state index >= 15 is 0 Å². The molecule has 0 aliphatic carbocycles. The summed E-state index contributed by atoms with van der Waals surface area (Å²) in [5.41, 5.74) is 0. The van der Waals surface area contributed by atoms with E-state index in [1.165, 1.54) is 6.42 Å². The van der Waals surface area contributed by atoms with Gasteiger partial charge in [-0.15, -0.1) is 0 Å². The van der Waals surface area contributed by atoms with E-state index in [9.17, 15) is 9.90 Å². The van der Waals surface area contributed by atoms with Gasteiger partial charge in [-0.1, -0.05) is 42.4 Å². The van der Waals surface area contributed by atoms with Crippen LogP contribution in [0.5, 0.6) is 0 Å². The first-order chi connectivity index (χ1) is 7.57. The summed E-state index contributed by atoms with van der Waals surface area (Å²) in [6, 6.07) is 0. The monoisotopic (exact) mass is 265 g/mol. The molecule has 0 heterocycles. The Labute approximate surface area is 107 Å². The lowest BCUT2D eigenvalue weighted by Crippen LogP contribution is -2.35. The molecule has 16 heavy (non-hydrogen) atoms. The number of hydrogen-bond acceptors (Lipinski definition) is 4. The summed E-state index contributed by atoms with van der Waals surface area (Å²) in [5, 5.41) is 11.9. The van der Waals surface area contributed by atoms with E-state index in [1.807, 2.05) is 10.8 Å². The van der Waals surface area contributed by atoms with E-state index < -0.39 is 6.10 Å². The number of carbonyl (C=O) groups excluding carboxylic acids is 1. The number of aliphatic hydroxyl groups is 1. The molecule has 0 bridgehead atoms. The highest BCUT2D eigenvalue weighted by Crippen LogP contribution is 2.22. The number of aliphatic hydroxyl groups excluding tert-OH is 1. The van der Waals surface area contributed by atoms with E-state index in [4.69, 9.17) is 0 Å². The van der Waals surface area contributed by atoms with Crippen LogP contribution in [0, 0.1) is 5.92 Å². The molecule has 0 aliphatic heterocycles. The van der Waals surface area contributed by atoms with E-state index in [0.29, 0.717) is 13.0 Å². The minimum absolute atomic E-state index is 0.254. The minimum Gasteiger partial charge on any atom is -0.383 e. The Hall–Kier alpha value is 0.130. The Bertz CT molecular complexity index is 189. The maximum atomic E-state index is 11.2. The molecule has 1 atom stereocenters. The van der Waals surface area contributed by atoms with Crippen LogP contribution in [0.2, 0.25) is 0 Å². The number of amides is 1. The lowest BCUT2D eigenvalue weighted by molar-refractivity contribution is -0.129. The molecule has 0 saturated heterocycles. The lowest BCUT2D eigenvalue weighted by Gasteiger charge is -2.08. The van der Waals surface area contributed by atoms with Gasteiger partial charge in [0.15, 0.2) is 0 Å². The largest absolute Gasteiger partial charge is 0.383 e. The fourth-order valence-electron chi connectivity index (χ4n) is 0.921. The molecule has 96 valence electrons. The summed E-state index contributed by atoms with van der Waals surface area (Å²) in [5.74, 6) is 2.56. The maximum Gasteiger partial charge on any atom is 0.248 e. The first kappa shape index (κ1) is 16.1. The Balaban J connectivity index is 3.24. The molecular formula is C11H23NO2S2. The van der Waals surface area contributed by atoms with Crippen LogP contribution in [0.3, 0.4) is 0 Å². The van der Waals surface area contributed by atoms with E-state index in [-0.39, 0.29) is 5.91 Å². The second-order valence-electron chi connectivity index (χ2n) is 4.04. The van der Waals surface area contributed by atoms with Crippen LogP contribution in [0.4, 0.5) is 0 Å². The second-order valence-corrected chi connectivity index (χ2v) is 6.74. The summed E-state index contributed by atoms with van der Waals surface area (Å²) in [7, 11) is 3.63. The molecule has 0 radical (unpaired) electrons. The average molecular weight is 265 g/mol. The standard InChI is InChI=1S/C11H23NO2S2/c1-4-10(13)11(14)12-6-8-16-15-7-5-9(2)3/h9-10,13H,4-8H2,1-3H3,(H,12,14). The molecule has 0 saturated carbocycles. The molecule has 0 aromatic carbocycles. The Morgan fingerprint density at radius 2 is 1.94 bits per heavy atom. The second kappa shape index (κ2) is 10.3. The third-order valence-corrected chi connectivity index (χ3v) is 4.48. The average Bonchev–Trinajstić information content (AvgIpc) is 2.25. The molecule has 0 spiro atoms. The zero-order valence-electron chi connectivity index (χ0n) is 10.4. The Morgan fingerprint density at radius 3 is 2.50 bits per heavy atom. The molecule has 0 aromatic rings. The van der Waals surface area contributed by atoms with Crippen molar-refractivity contribution in [2.75, 3.05) is 18.1 Å². The van der Waals surface area contributed by atoms with Gasteiger partial charge in [0.05, 0.1) is 0 Å². The highest BCUT2D eigenvalue weighted by molar-refractivity contribution is 8.76. The summed E-state index contributed by atoms with van der Waals surface area (Å²) in [6.07, 6.45) is 0.860. The van der Waals surface area contributed by atoms with Gasteiger partial charge in [0.1, 0.15) is 6.10 Å². The fourth-order valence-corrected chi connectivity index (χ4v) is 3.16. The van der Waals surface area contributed by atoms with Gasteiger partial charge in [0.2, 0.25) is 5.91 Å². The summed E-state index contributed by atoms with van der Waals surface area (Å²) >= 11 is 0. The van der Waals surface area contributed by atoms with Crippen molar-refractivity contribution < 1.29 is 9.90 Å². The van der Waals surface area contributed by atoms with Crippen molar-refractivity contribution in [2.45, 2.75) is 39.7 Å². The lowest BCUT2D eigenvalue weighted by atomic mass is 10.2. The van der Waals surface area contributed by atoms with Gasteiger partial charge in [0.25, 0.3) is 0 Å². The molecule has 0 aliphatic rings. The normalized spacial score (nSPS) is 12.8. The third kappa shape index (κ3) is 9.36. The van der Waals surface area contributed by atoms with Gasteiger partial charge in [-0.3, -0.25) is 4.79 Å². The predicted molar refractivity (Wildman–Crippen MR) is 73.7 cm³/mol. The van der Waals surface area contributed by atoms with Crippen LogP contribution < -0.4 is 5.32 Å². The molecule has 1 amide bonds. The van der Waals surface area contributed by atoms with Crippen molar-refractivity contribution >= 4 is 27.5 Å². The zero-order chi connectivity index (χ0) is 12.4. The maximum absolute atomic E-state index is 11.2. The van der Waals surface area contributed by atoms with Crippen molar-refractivity contribution in [3.63, 3.8) is 0 Å². The molecule has 5 heteroatoms.